The van der Waals surface area contributed by atoms with E-state index in [1.165, 1.54) is 0 Å². The Balaban J connectivity index is 1.13. The molecule has 3 fully saturated rings. The predicted octanol–water partition coefficient (Wildman–Crippen LogP) is 3.88. The van der Waals surface area contributed by atoms with Gasteiger partial charge >= 0.3 is 6.09 Å². The monoisotopic (exact) mass is 515 g/mol. The van der Waals surface area contributed by atoms with E-state index in [-0.39, 0.29) is 34.0 Å². The molecule has 3 aliphatic heterocycles. The molecule has 1 saturated carbocycles. The fraction of sp³-hybridized carbons (Fsp3) is 0.500. The summed E-state index contributed by atoms with van der Waals surface area (Å²) in [6, 6.07) is 15.3. The molecule has 38 heavy (non-hydrogen) atoms. The molecular weight excluding hydrogens is 480 g/mol. The van der Waals surface area contributed by atoms with Crippen LogP contribution in [0.1, 0.15) is 51.7 Å². The highest BCUT2D eigenvalue weighted by Crippen LogP contribution is 2.75. The lowest BCUT2D eigenvalue weighted by Gasteiger charge is -2.46. The lowest BCUT2D eigenvalue weighted by Crippen LogP contribution is -2.72. The summed E-state index contributed by atoms with van der Waals surface area (Å²) in [5.41, 5.74) is 4.23. The van der Waals surface area contributed by atoms with Crippen LogP contribution in [-0.2, 0) is 22.4 Å². The number of quaternary nitrogens is 1. The second kappa shape index (κ2) is 8.29. The van der Waals surface area contributed by atoms with Crippen LogP contribution < -0.4 is 10.6 Å². The van der Waals surface area contributed by atoms with Crippen molar-refractivity contribution in [3.05, 3.63) is 53.6 Å². The molecule has 4 aliphatic rings. The van der Waals surface area contributed by atoms with Gasteiger partial charge in [-0.2, -0.15) is 14.5 Å². The number of ether oxygens (including phenoxy) is 1. The number of carbonyl (C=O) groups is 2. The number of amides is 2. The minimum atomic E-state index is -0.692. The lowest BCUT2D eigenvalue weighted by molar-refractivity contribution is -0.844. The van der Waals surface area contributed by atoms with Crippen LogP contribution in [-0.4, -0.2) is 57.1 Å². The van der Waals surface area contributed by atoms with Crippen LogP contribution in [0.15, 0.2) is 42.5 Å². The Hall–Kier alpha value is -3.41. The minimum absolute atomic E-state index is 0.0836. The molecular formula is C30H35N4O4+. The SMILES string of the molecule is CC(C)(C)OC(=O)[N+]12C(C(=O)NC(C#N)Cc3ccc(-c4ccc5c(c4)NC(O)C5)cc3)C3CCC1C32C. The van der Waals surface area contributed by atoms with E-state index in [0.717, 1.165) is 40.8 Å². The quantitative estimate of drug-likeness (QED) is 0.412. The van der Waals surface area contributed by atoms with Gasteiger partial charge in [0, 0.05) is 24.9 Å². The molecule has 3 N–H and O–H groups in total. The zero-order valence-electron chi connectivity index (χ0n) is 22.3. The van der Waals surface area contributed by atoms with Gasteiger partial charge in [-0.05, 0) is 62.4 Å². The van der Waals surface area contributed by atoms with E-state index in [1.54, 1.807) is 0 Å². The van der Waals surface area contributed by atoms with Gasteiger partial charge in [-0.3, -0.25) is 4.79 Å². The third-order valence-corrected chi connectivity index (χ3v) is 9.23. The van der Waals surface area contributed by atoms with E-state index in [9.17, 15) is 20.0 Å². The topological polar surface area (TPSA) is 111 Å². The summed E-state index contributed by atoms with van der Waals surface area (Å²) >= 11 is 0. The fourth-order valence-corrected chi connectivity index (χ4v) is 7.60. The highest BCUT2D eigenvalue weighted by atomic mass is 16.6. The Bertz CT molecular complexity index is 1360. The van der Waals surface area contributed by atoms with Crippen LogP contribution in [0.5, 0.6) is 0 Å². The first-order valence-corrected chi connectivity index (χ1v) is 13.5. The molecule has 7 unspecified atom stereocenters. The summed E-state index contributed by atoms with van der Waals surface area (Å²) in [5, 5.41) is 25.7. The van der Waals surface area contributed by atoms with Crippen molar-refractivity contribution in [1.82, 2.24) is 5.32 Å². The van der Waals surface area contributed by atoms with E-state index in [2.05, 4.69) is 23.6 Å². The summed E-state index contributed by atoms with van der Waals surface area (Å²) in [4.78, 5) is 26.8. The molecule has 3 heterocycles. The number of piperidine rings is 2. The molecule has 0 aromatic heterocycles. The number of hydrogen-bond acceptors (Lipinski definition) is 6. The van der Waals surface area contributed by atoms with Gasteiger partial charge < -0.3 is 20.5 Å². The van der Waals surface area contributed by atoms with Crippen molar-refractivity contribution in [2.45, 2.75) is 88.9 Å². The predicted molar refractivity (Wildman–Crippen MR) is 142 cm³/mol. The molecule has 7 atom stereocenters. The first-order valence-electron chi connectivity index (χ1n) is 13.5. The van der Waals surface area contributed by atoms with Gasteiger partial charge in [0.2, 0.25) is 0 Å². The number of aliphatic hydroxyl groups excluding tert-OH is 1. The molecule has 2 aromatic carbocycles. The largest absolute Gasteiger partial charge is 0.518 e. The molecule has 6 rings (SSSR count). The van der Waals surface area contributed by atoms with Gasteiger partial charge in [0.25, 0.3) is 5.91 Å². The van der Waals surface area contributed by atoms with E-state index in [0.29, 0.717) is 12.8 Å². The number of aliphatic hydroxyl groups is 1. The van der Waals surface area contributed by atoms with Gasteiger partial charge in [-0.25, -0.2) is 0 Å². The van der Waals surface area contributed by atoms with Gasteiger partial charge in [-0.15, -0.1) is 0 Å². The molecule has 0 bridgehead atoms. The first-order chi connectivity index (χ1) is 18.0. The smallest absolute Gasteiger partial charge is 0.414 e. The van der Waals surface area contributed by atoms with Crippen molar-refractivity contribution in [2.75, 3.05) is 5.32 Å². The highest BCUT2D eigenvalue weighted by Gasteiger charge is 3.00. The normalized spacial score (nSPS) is 32.6. The Kier molecular flexibility index (Phi) is 5.43. The number of anilines is 1. The molecule has 1 aliphatic carbocycles. The van der Waals surface area contributed by atoms with Crippen molar-refractivity contribution >= 4 is 17.7 Å². The summed E-state index contributed by atoms with van der Waals surface area (Å²) in [6.07, 6.45) is 1.99. The van der Waals surface area contributed by atoms with E-state index < -0.39 is 23.9 Å². The van der Waals surface area contributed by atoms with Gasteiger partial charge in [0.1, 0.15) is 17.9 Å². The second-order valence-electron chi connectivity index (χ2n) is 12.5. The first kappa shape index (κ1) is 24.9. The molecule has 2 saturated heterocycles. The van der Waals surface area contributed by atoms with Crippen molar-refractivity contribution in [3.8, 4) is 17.2 Å². The highest BCUT2D eigenvalue weighted by molar-refractivity contribution is 5.87. The molecule has 2 amide bonds. The summed E-state index contributed by atoms with van der Waals surface area (Å²) in [5.74, 6) is -0.0851. The Labute approximate surface area is 223 Å². The fourth-order valence-electron chi connectivity index (χ4n) is 7.60. The summed E-state index contributed by atoms with van der Waals surface area (Å²) in [6.45, 7) is 7.64. The number of benzene rings is 2. The number of fused-ring (bicyclic) bond motifs is 2. The van der Waals surface area contributed by atoms with Crippen LogP contribution in [0.2, 0.25) is 0 Å². The van der Waals surface area contributed by atoms with E-state index in [4.69, 9.17) is 4.74 Å². The van der Waals surface area contributed by atoms with Crippen molar-refractivity contribution < 1.29 is 23.9 Å². The molecule has 198 valence electrons. The maximum absolute atomic E-state index is 13.5. The van der Waals surface area contributed by atoms with Gasteiger partial charge in [-0.1, -0.05) is 36.4 Å². The maximum Gasteiger partial charge on any atom is 0.518 e. The molecule has 0 spiro atoms. The van der Waals surface area contributed by atoms with E-state index in [1.807, 2.05) is 63.2 Å². The standard InChI is InChI=1S/C30H34N4O4/c1-29(2,3)38-28(37)34-24-12-11-22(30(24,34)4)26(34)27(36)32-21(16-31)13-17-5-7-18(8-6-17)19-9-10-20-15-25(35)33-23(20)14-19/h5-10,14,21-22,24-26,33,35H,11-13,15H2,1-4H3/p+1. The lowest BCUT2D eigenvalue weighted by atomic mass is 9.78. The van der Waals surface area contributed by atoms with Crippen LogP contribution in [0.25, 0.3) is 11.1 Å². The van der Waals surface area contributed by atoms with Crippen molar-refractivity contribution in [1.29, 1.82) is 5.26 Å². The Morgan fingerprint density at radius 3 is 2.58 bits per heavy atom. The number of carbonyl (C=O) groups excluding carboxylic acids is 2. The minimum Gasteiger partial charge on any atom is -0.414 e. The van der Waals surface area contributed by atoms with Crippen LogP contribution in [0.3, 0.4) is 0 Å². The number of hydrogen-bond donors (Lipinski definition) is 3. The third-order valence-electron chi connectivity index (χ3n) is 9.23. The van der Waals surface area contributed by atoms with Crippen LogP contribution >= 0.6 is 0 Å². The van der Waals surface area contributed by atoms with Gasteiger partial charge in [0.05, 0.1) is 12.0 Å². The average molecular weight is 516 g/mol. The van der Waals surface area contributed by atoms with Crippen molar-refractivity contribution in [3.63, 3.8) is 0 Å². The number of nitrogens with one attached hydrogen (secondary N) is 2. The molecule has 2 aromatic rings. The summed E-state index contributed by atoms with van der Waals surface area (Å²) < 4.78 is 5.84. The average Bonchev–Trinajstić information content (AvgIpc) is 3.11. The van der Waals surface area contributed by atoms with Crippen LogP contribution in [0.4, 0.5) is 10.5 Å². The molecule has 8 nitrogen and oxygen atoms in total. The second-order valence-corrected chi connectivity index (χ2v) is 12.5. The zero-order chi connectivity index (χ0) is 27.0. The third kappa shape index (κ3) is 3.49. The molecule has 8 heteroatoms. The number of rotatable bonds is 5. The van der Waals surface area contributed by atoms with Crippen LogP contribution in [0, 0.1) is 17.2 Å². The number of nitrogens with zero attached hydrogens (tertiary/aromatic N) is 2. The Morgan fingerprint density at radius 2 is 1.92 bits per heavy atom. The van der Waals surface area contributed by atoms with Crippen molar-refractivity contribution in [2.24, 2.45) is 5.92 Å². The van der Waals surface area contributed by atoms with Gasteiger partial charge in [0.15, 0.2) is 17.6 Å². The Morgan fingerprint density at radius 1 is 1.21 bits per heavy atom. The zero-order valence-corrected chi connectivity index (χ0v) is 22.3. The summed E-state index contributed by atoms with van der Waals surface area (Å²) in [7, 11) is 0. The molecule has 0 radical (unpaired) electrons. The number of nitriles is 1. The maximum atomic E-state index is 13.5. The van der Waals surface area contributed by atoms with E-state index >= 15 is 0 Å².